The number of ether oxygens (including phenoxy) is 1. The average molecular weight is 494 g/mol. The van der Waals surface area contributed by atoms with Crippen LogP contribution in [-0.4, -0.2) is 40.5 Å². The van der Waals surface area contributed by atoms with Crippen molar-refractivity contribution in [3.05, 3.63) is 78.2 Å². The van der Waals surface area contributed by atoms with Crippen molar-refractivity contribution in [2.45, 2.75) is 47.2 Å². The van der Waals surface area contributed by atoms with Crippen LogP contribution < -0.4 is 19.8 Å². The predicted molar refractivity (Wildman–Crippen MR) is 138 cm³/mol. The van der Waals surface area contributed by atoms with Crippen LogP contribution in [0.5, 0.6) is 0 Å². The van der Waals surface area contributed by atoms with Gasteiger partial charge < -0.3 is 9.64 Å². The lowest BCUT2D eigenvalue weighted by Crippen LogP contribution is -2.39. The van der Waals surface area contributed by atoms with E-state index >= 15 is 0 Å². The van der Waals surface area contributed by atoms with Crippen LogP contribution in [0.25, 0.3) is 6.08 Å². The first-order valence-corrected chi connectivity index (χ1v) is 12.6. The lowest BCUT2D eigenvalue weighted by Gasteiger charge is -2.26. The first-order valence-electron chi connectivity index (χ1n) is 11.8. The third kappa shape index (κ3) is 4.48. The van der Waals surface area contributed by atoms with Crippen LogP contribution in [0.3, 0.4) is 0 Å². The molecule has 8 nitrogen and oxygen atoms in total. The van der Waals surface area contributed by atoms with Gasteiger partial charge in [0.1, 0.15) is 0 Å². The van der Waals surface area contributed by atoms with Gasteiger partial charge in [-0.1, -0.05) is 23.5 Å². The molecule has 0 spiro atoms. The summed E-state index contributed by atoms with van der Waals surface area (Å²) in [6.07, 6.45) is 3.79. The van der Waals surface area contributed by atoms with Gasteiger partial charge in [0.15, 0.2) is 4.80 Å². The number of rotatable bonds is 7. The number of carbonyl (C=O) groups excluding carboxylic acids is 1. The number of aryl methyl sites for hydroxylation is 2. The van der Waals surface area contributed by atoms with Crippen LogP contribution >= 0.6 is 11.3 Å². The minimum atomic E-state index is -0.619. The van der Waals surface area contributed by atoms with Gasteiger partial charge in [0, 0.05) is 37.1 Å². The second kappa shape index (κ2) is 10.0. The molecule has 0 N–H and O–H groups in total. The average Bonchev–Trinajstić information content (AvgIpc) is 3.37. The lowest BCUT2D eigenvalue weighted by molar-refractivity contribution is -0.136. The number of anilines is 1. The number of hydrogen-bond donors (Lipinski definition) is 0. The number of benzene rings is 1. The summed E-state index contributed by atoms with van der Waals surface area (Å²) in [7, 11) is 1.35. The third-order valence-corrected chi connectivity index (χ3v) is 7.34. The van der Waals surface area contributed by atoms with Crippen molar-refractivity contribution in [3.63, 3.8) is 0 Å². The highest BCUT2D eigenvalue weighted by Gasteiger charge is 2.33. The summed E-state index contributed by atoms with van der Waals surface area (Å²) >= 11 is 1.32. The van der Waals surface area contributed by atoms with Crippen molar-refractivity contribution in [1.82, 2.24) is 14.3 Å². The first-order chi connectivity index (χ1) is 16.8. The molecule has 9 heteroatoms. The Morgan fingerprint density at radius 2 is 1.86 bits per heavy atom. The number of esters is 1. The summed E-state index contributed by atoms with van der Waals surface area (Å²) < 4.78 is 9.11. The monoisotopic (exact) mass is 493 g/mol. The van der Waals surface area contributed by atoms with E-state index in [-0.39, 0.29) is 5.56 Å². The molecule has 0 aliphatic carbocycles. The molecule has 1 aliphatic rings. The molecule has 2 aromatic heterocycles. The smallest absolute Gasteiger partial charge is 0.338 e. The maximum Gasteiger partial charge on any atom is 0.338 e. The van der Waals surface area contributed by atoms with Crippen molar-refractivity contribution < 1.29 is 9.53 Å². The number of aromatic nitrogens is 3. The van der Waals surface area contributed by atoms with E-state index in [2.05, 4.69) is 28.8 Å². The van der Waals surface area contributed by atoms with Gasteiger partial charge in [-0.3, -0.25) is 14.0 Å². The van der Waals surface area contributed by atoms with Crippen LogP contribution in [0.1, 0.15) is 50.6 Å². The van der Waals surface area contributed by atoms with Crippen LogP contribution in [0.4, 0.5) is 5.69 Å². The maximum atomic E-state index is 13.7. The minimum Gasteiger partial charge on any atom is -0.466 e. The predicted octanol–water partition coefficient (Wildman–Crippen LogP) is 2.78. The second-order valence-corrected chi connectivity index (χ2v) is 9.37. The summed E-state index contributed by atoms with van der Waals surface area (Å²) in [4.78, 5) is 34.0. The van der Waals surface area contributed by atoms with Crippen LogP contribution in [-0.2, 0) is 16.1 Å². The zero-order chi connectivity index (χ0) is 25.3. The standard InChI is InChI=1S/C26H31N5O3S/c1-7-29(8-2)20-12-10-18(11-13-20)23-22(25(33)34-6)17(5)27-26-31(23)24(32)21(35-26)14-19-15-30(9-3)28-16(19)4/h10-15,23H,7-9H2,1-6H3/b21-14+/t23-/m1/s1. The highest BCUT2D eigenvalue weighted by atomic mass is 32.1. The number of nitrogens with zero attached hydrogens (tertiary/aromatic N) is 5. The SMILES string of the molecule is CCN(CC)c1ccc([C@@H]2C(C(=O)OC)=C(C)N=c3s/c(=C/c4cn(CC)nc4C)c(=O)n32)cc1. The minimum absolute atomic E-state index is 0.191. The van der Waals surface area contributed by atoms with E-state index in [4.69, 9.17) is 4.74 Å². The molecule has 1 atom stereocenters. The Hall–Kier alpha value is -3.46. The molecule has 35 heavy (non-hydrogen) atoms. The van der Waals surface area contributed by atoms with E-state index in [1.807, 2.05) is 55.1 Å². The normalized spacial score (nSPS) is 15.7. The van der Waals surface area contributed by atoms with E-state index in [1.165, 1.54) is 18.4 Å². The molecule has 0 amide bonds. The van der Waals surface area contributed by atoms with Crippen molar-refractivity contribution >= 4 is 29.1 Å². The van der Waals surface area contributed by atoms with E-state index < -0.39 is 12.0 Å². The Bertz CT molecular complexity index is 1460. The van der Waals surface area contributed by atoms with Crippen molar-refractivity contribution in [2.24, 2.45) is 4.99 Å². The topological polar surface area (TPSA) is 81.7 Å². The summed E-state index contributed by atoms with van der Waals surface area (Å²) in [6.45, 7) is 12.5. The first kappa shape index (κ1) is 24.7. The quantitative estimate of drug-likeness (QED) is 0.473. The van der Waals surface area contributed by atoms with Gasteiger partial charge in [-0.05, 0) is 58.4 Å². The molecule has 0 fully saturated rings. The molecule has 0 saturated heterocycles. The molecule has 0 bridgehead atoms. The van der Waals surface area contributed by atoms with Crippen LogP contribution in [0, 0.1) is 6.92 Å². The van der Waals surface area contributed by atoms with E-state index in [0.717, 1.165) is 42.1 Å². The molecular weight excluding hydrogens is 462 g/mol. The van der Waals surface area contributed by atoms with E-state index in [1.54, 1.807) is 11.5 Å². The summed E-state index contributed by atoms with van der Waals surface area (Å²) in [5, 5.41) is 4.48. The van der Waals surface area contributed by atoms with Gasteiger partial charge in [-0.2, -0.15) is 5.10 Å². The van der Waals surface area contributed by atoms with Crippen LogP contribution in [0.2, 0.25) is 0 Å². The number of hydrogen-bond acceptors (Lipinski definition) is 7. The maximum absolute atomic E-state index is 13.7. The Labute approximate surface area is 208 Å². The highest BCUT2D eigenvalue weighted by molar-refractivity contribution is 7.07. The number of fused-ring (bicyclic) bond motifs is 1. The second-order valence-electron chi connectivity index (χ2n) is 8.36. The summed E-state index contributed by atoms with van der Waals surface area (Å²) in [6, 6.07) is 7.40. The zero-order valence-electron chi connectivity index (χ0n) is 21.0. The number of allylic oxidation sites excluding steroid dienone is 1. The largest absolute Gasteiger partial charge is 0.466 e. The van der Waals surface area contributed by atoms with E-state index in [9.17, 15) is 9.59 Å². The van der Waals surface area contributed by atoms with Crippen molar-refractivity contribution in [1.29, 1.82) is 0 Å². The van der Waals surface area contributed by atoms with Gasteiger partial charge in [0.25, 0.3) is 5.56 Å². The summed E-state index contributed by atoms with van der Waals surface area (Å²) in [5.74, 6) is -0.488. The van der Waals surface area contributed by atoms with Crippen molar-refractivity contribution in [2.75, 3.05) is 25.1 Å². The highest BCUT2D eigenvalue weighted by Crippen LogP contribution is 2.31. The number of methoxy groups -OCH3 is 1. The molecule has 1 aromatic carbocycles. The number of carbonyl (C=O) groups is 1. The molecule has 0 unspecified atom stereocenters. The molecule has 1 aliphatic heterocycles. The molecule has 0 radical (unpaired) electrons. The fourth-order valence-corrected chi connectivity index (χ4v) is 5.48. The molecule has 184 valence electrons. The van der Waals surface area contributed by atoms with Gasteiger partial charge in [0.05, 0.1) is 34.6 Å². The van der Waals surface area contributed by atoms with E-state index in [0.29, 0.717) is 20.6 Å². The van der Waals surface area contributed by atoms with Gasteiger partial charge in [-0.15, -0.1) is 0 Å². The van der Waals surface area contributed by atoms with Crippen LogP contribution in [0.15, 0.2) is 51.5 Å². The van der Waals surface area contributed by atoms with Gasteiger partial charge >= 0.3 is 5.97 Å². The molecule has 0 saturated carbocycles. The Balaban J connectivity index is 1.90. The van der Waals surface area contributed by atoms with Crippen molar-refractivity contribution in [3.8, 4) is 0 Å². The lowest BCUT2D eigenvalue weighted by atomic mass is 9.95. The fraction of sp³-hybridized carbons (Fsp3) is 0.385. The molecule has 4 rings (SSSR count). The van der Waals surface area contributed by atoms with Gasteiger partial charge in [0.2, 0.25) is 0 Å². The summed E-state index contributed by atoms with van der Waals surface area (Å²) in [5.41, 5.74) is 4.40. The molecule has 3 aromatic rings. The Kier molecular flexibility index (Phi) is 7.07. The Morgan fingerprint density at radius 1 is 1.17 bits per heavy atom. The fourth-order valence-electron chi connectivity index (χ4n) is 4.44. The number of thiazole rings is 1. The molecule has 3 heterocycles. The Morgan fingerprint density at radius 3 is 2.43 bits per heavy atom. The van der Waals surface area contributed by atoms with Gasteiger partial charge in [-0.25, -0.2) is 9.79 Å². The molecular formula is C26H31N5O3S. The zero-order valence-corrected chi connectivity index (χ0v) is 21.8. The third-order valence-electron chi connectivity index (χ3n) is 6.36.